The van der Waals surface area contributed by atoms with E-state index in [1.165, 1.54) is 22.0 Å². The summed E-state index contributed by atoms with van der Waals surface area (Å²) in [6.45, 7) is 3.55. The van der Waals surface area contributed by atoms with Crippen molar-refractivity contribution >= 4 is 39.6 Å². The Labute approximate surface area is 192 Å². The Hall–Kier alpha value is -3.31. The first-order valence-corrected chi connectivity index (χ1v) is 11.1. The first-order valence-electron chi connectivity index (χ1n) is 10.3. The van der Waals surface area contributed by atoms with Gasteiger partial charge in [-0.3, -0.25) is 9.88 Å². The summed E-state index contributed by atoms with van der Waals surface area (Å²) in [5.41, 5.74) is 9.58. The molecule has 0 aromatic carbocycles. The predicted molar refractivity (Wildman–Crippen MR) is 125 cm³/mol. The number of nitrogens with two attached hydrogens (primary N) is 1. The fourth-order valence-corrected chi connectivity index (χ4v) is 4.29. The number of pyridine rings is 1. The number of furan rings is 1. The van der Waals surface area contributed by atoms with Crippen molar-refractivity contribution in [1.29, 1.82) is 5.41 Å². The average molecular weight is 496 g/mol. The average Bonchev–Trinajstić information content (AvgIpc) is 3.47. The van der Waals surface area contributed by atoms with Gasteiger partial charge >= 0.3 is 0 Å². The third-order valence-electron chi connectivity index (χ3n) is 5.46. The molecule has 4 aromatic rings. The van der Waals surface area contributed by atoms with Crippen molar-refractivity contribution in [3.05, 3.63) is 52.0 Å². The van der Waals surface area contributed by atoms with E-state index in [4.69, 9.17) is 15.6 Å². The van der Waals surface area contributed by atoms with Gasteiger partial charge in [0.15, 0.2) is 11.4 Å². The number of halogens is 1. The minimum atomic E-state index is 0.198. The van der Waals surface area contributed by atoms with Crippen molar-refractivity contribution in [3.63, 3.8) is 0 Å². The lowest BCUT2D eigenvalue weighted by Crippen LogP contribution is -2.32. The summed E-state index contributed by atoms with van der Waals surface area (Å²) in [6.07, 6.45) is 6.53. The monoisotopic (exact) mass is 495 g/mol. The molecule has 0 saturated heterocycles. The van der Waals surface area contributed by atoms with Gasteiger partial charge in [0.2, 0.25) is 11.8 Å². The summed E-state index contributed by atoms with van der Waals surface area (Å²) in [4.78, 5) is 15.9. The van der Waals surface area contributed by atoms with E-state index >= 15 is 0 Å². The van der Waals surface area contributed by atoms with E-state index in [0.717, 1.165) is 36.9 Å². The lowest BCUT2D eigenvalue weighted by atomic mass is 10.1. The highest BCUT2D eigenvalue weighted by molar-refractivity contribution is 9.10. The minimum absolute atomic E-state index is 0.198. The van der Waals surface area contributed by atoms with Gasteiger partial charge in [-0.1, -0.05) is 0 Å². The first-order chi connectivity index (χ1) is 15.6. The van der Waals surface area contributed by atoms with Crippen LogP contribution in [-0.4, -0.2) is 55.3 Å². The van der Waals surface area contributed by atoms with Gasteiger partial charge < -0.3 is 20.9 Å². The van der Waals surface area contributed by atoms with E-state index in [0.29, 0.717) is 35.2 Å². The van der Waals surface area contributed by atoms with Crippen molar-refractivity contribution in [2.24, 2.45) is 0 Å². The third-order valence-corrected chi connectivity index (χ3v) is 5.89. The number of aromatic nitrogens is 5. The Bertz CT molecular complexity index is 1270. The molecule has 164 valence electrons. The number of anilines is 2. The highest BCUT2D eigenvalue weighted by Gasteiger charge is 2.19. The fraction of sp³-hybridized carbons (Fsp3) is 0.286. The minimum Gasteiger partial charge on any atom is -0.461 e. The van der Waals surface area contributed by atoms with Gasteiger partial charge in [0.1, 0.15) is 5.82 Å². The molecule has 0 bridgehead atoms. The quantitative estimate of drug-likeness (QED) is 0.263. The number of nitrogens with zero attached hydrogens (tertiary/aromatic N) is 6. The molecule has 1 aliphatic heterocycles. The molecule has 4 aromatic heterocycles. The van der Waals surface area contributed by atoms with Crippen LogP contribution in [0.25, 0.3) is 17.2 Å². The van der Waals surface area contributed by atoms with E-state index in [1.54, 1.807) is 18.4 Å². The van der Waals surface area contributed by atoms with Crippen molar-refractivity contribution in [2.45, 2.75) is 19.4 Å². The molecule has 0 saturated carbocycles. The summed E-state index contributed by atoms with van der Waals surface area (Å²) >= 11 is 3.51. The van der Waals surface area contributed by atoms with E-state index < -0.39 is 0 Å². The standard InChI is InChI=1S/C21H22BrN9O/c22-14-9-13-12-30(7-4-16(13)26-11-14)6-2-5-25-18-15(10-23)20-27-19(17-3-1-8-32-17)29-31(20)21(24)28-18/h1,3,8-11,23,25H,2,4-7,12H2,(H2,24,28). The molecule has 5 rings (SSSR count). The second-order valence-electron chi connectivity index (χ2n) is 7.59. The summed E-state index contributed by atoms with van der Waals surface area (Å²) in [5, 5.41) is 15.6. The smallest absolute Gasteiger partial charge is 0.225 e. The Kier molecular flexibility index (Phi) is 5.58. The Morgan fingerprint density at radius 3 is 3.06 bits per heavy atom. The van der Waals surface area contributed by atoms with Crippen LogP contribution in [0.5, 0.6) is 0 Å². The molecular formula is C21H22BrN9O. The lowest BCUT2D eigenvalue weighted by Gasteiger charge is -2.28. The van der Waals surface area contributed by atoms with Gasteiger partial charge in [0, 0.05) is 55.2 Å². The van der Waals surface area contributed by atoms with Gasteiger partial charge in [-0.15, -0.1) is 5.10 Å². The zero-order valence-corrected chi connectivity index (χ0v) is 18.8. The molecule has 0 unspecified atom stereocenters. The molecule has 4 N–H and O–H groups in total. The van der Waals surface area contributed by atoms with Crippen molar-refractivity contribution in [1.82, 2.24) is 29.5 Å². The van der Waals surface area contributed by atoms with E-state index in [1.807, 2.05) is 6.20 Å². The second kappa shape index (κ2) is 8.67. The first kappa shape index (κ1) is 20.6. The van der Waals surface area contributed by atoms with Gasteiger partial charge in [-0.25, -0.2) is 4.98 Å². The molecule has 0 aliphatic carbocycles. The molecule has 1 aliphatic rings. The van der Waals surface area contributed by atoms with E-state index in [2.05, 4.69) is 52.3 Å². The number of nitrogen functional groups attached to an aromatic ring is 1. The van der Waals surface area contributed by atoms with Crippen LogP contribution in [0.2, 0.25) is 0 Å². The second-order valence-corrected chi connectivity index (χ2v) is 8.51. The normalized spacial score (nSPS) is 13.9. The van der Waals surface area contributed by atoms with Crippen molar-refractivity contribution in [3.8, 4) is 11.6 Å². The Morgan fingerprint density at radius 1 is 1.34 bits per heavy atom. The van der Waals surface area contributed by atoms with Crippen molar-refractivity contribution < 1.29 is 4.42 Å². The summed E-state index contributed by atoms with van der Waals surface area (Å²) < 4.78 is 7.82. The SMILES string of the molecule is N=Cc1c(NCCCN2CCc3ncc(Br)cc3C2)nc(N)n2nc(-c3ccco3)nc12. The van der Waals surface area contributed by atoms with E-state index in [9.17, 15) is 0 Å². The topological polar surface area (TPSA) is 134 Å². The summed E-state index contributed by atoms with van der Waals surface area (Å²) in [7, 11) is 0. The number of hydrogen-bond donors (Lipinski definition) is 3. The third kappa shape index (κ3) is 3.96. The molecule has 0 amide bonds. The predicted octanol–water partition coefficient (Wildman–Crippen LogP) is 2.98. The number of rotatable bonds is 7. The zero-order chi connectivity index (χ0) is 22.1. The summed E-state index contributed by atoms with van der Waals surface area (Å²) in [5.74, 6) is 1.66. The molecule has 0 fully saturated rings. The maximum atomic E-state index is 7.88. The number of hydrogen-bond acceptors (Lipinski definition) is 9. The largest absolute Gasteiger partial charge is 0.461 e. The van der Waals surface area contributed by atoms with Crippen molar-refractivity contribution in [2.75, 3.05) is 30.7 Å². The van der Waals surface area contributed by atoms with Gasteiger partial charge in [-0.2, -0.15) is 9.50 Å². The van der Waals surface area contributed by atoms with Gasteiger partial charge in [0.05, 0.1) is 11.8 Å². The Balaban J connectivity index is 1.26. The maximum absolute atomic E-state index is 7.88. The highest BCUT2D eigenvalue weighted by Crippen LogP contribution is 2.24. The number of nitrogens with one attached hydrogen (secondary N) is 2. The van der Waals surface area contributed by atoms with Crippen LogP contribution in [-0.2, 0) is 13.0 Å². The lowest BCUT2D eigenvalue weighted by molar-refractivity contribution is 0.251. The van der Waals surface area contributed by atoms with Crippen LogP contribution in [0.15, 0.2) is 39.5 Å². The molecule has 32 heavy (non-hydrogen) atoms. The number of fused-ring (bicyclic) bond motifs is 2. The van der Waals surface area contributed by atoms with Crippen LogP contribution in [0, 0.1) is 5.41 Å². The molecule has 11 heteroatoms. The fourth-order valence-electron chi connectivity index (χ4n) is 3.91. The molecule has 0 atom stereocenters. The Morgan fingerprint density at radius 2 is 2.25 bits per heavy atom. The van der Waals surface area contributed by atoms with Crippen LogP contribution in [0.3, 0.4) is 0 Å². The van der Waals surface area contributed by atoms with Crippen LogP contribution < -0.4 is 11.1 Å². The molecule has 10 nitrogen and oxygen atoms in total. The highest BCUT2D eigenvalue weighted by atomic mass is 79.9. The summed E-state index contributed by atoms with van der Waals surface area (Å²) in [6, 6.07) is 5.69. The van der Waals surface area contributed by atoms with E-state index in [-0.39, 0.29) is 5.95 Å². The van der Waals surface area contributed by atoms with Crippen LogP contribution in [0.1, 0.15) is 23.2 Å². The van der Waals surface area contributed by atoms with Gasteiger partial charge in [-0.05, 0) is 46.1 Å². The molecule has 0 radical (unpaired) electrons. The molecular weight excluding hydrogens is 474 g/mol. The maximum Gasteiger partial charge on any atom is 0.225 e. The molecule has 0 spiro atoms. The van der Waals surface area contributed by atoms with Crippen LogP contribution in [0.4, 0.5) is 11.8 Å². The van der Waals surface area contributed by atoms with Gasteiger partial charge in [0.25, 0.3) is 0 Å². The van der Waals surface area contributed by atoms with Crippen LogP contribution >= 0.6 is 15.9 Å². The molecule has 5 heterocycles. The zero-order valence-electron chi connectivity index (χ0n) is 17.3.